The van der Waals surface area contributed by atoms with E-state index < -0.39 is 22.0 Å². The molecular weight excluding hydrogens is 614 g/mol. The summed E-state index contributed by atoms with van der Waals surface area (Å²) in [6.07, 6.45) is 6.11. The fraction of sp³-hybridized carbons (Fsp3) is 0.500. The molecule has 1 spiro atoms. The number of hydrogen-bond acceptors (Lipinski definition) is 7. The molecule has 3 heterocycles. The Morgan fingerprint density at radius 3 is 2.40 bits per heavy atom. The molecule has 11 heteroatoms. The number of nitrogens with one attached hydrogen (secondary N) is 1. The third kappa shape index (κ3) is 7.15. The molecule has 1 atom stereocenters. The van der Waals surface area contributed by atoms with Gasteiger partial charge in [0.1, 0.15) is 13.2 Å². The summed E-state index contributed by atoms with van der Waals surface area (Å²) in [6, 6.07) is 13.0. The number of piperidine rings is 1. The molecule has 2 amide bonds. The van der Waals surface area contributed by atoms with Gasteiger partial charge in [0.15, 0.2) is 0 Å². The summed E-state index contributed by atoms with van der Waals surface area (Å²) in [7, 11) is -4.19. The molecule has 3 aromatic rings. The van der Waals surface area contributed by atoms with Gasteiger partial charge < -0.3 is 14.5 Å². The van der Waals surface area contributed by atoms with Crippen molar-refractivity contribution in [1.29, 1.82) is 0 Å². The average Bonchev–Trinajstić information content (AvgIpc) is 3.00. The maximum atomic E-state index is 14.4. The second-order valence-corrected chi connectivity index (χ2v) is 16.4. The van der Waals surface area contributed by atoms with Gasteiger partial charge in [0, 0.05) is 30.3 Å². The number of rotatable bonds is 4. The van der Waals surface area contributed by atoms with Crippen molar-refractivity contribution in [2.24, 2.45) is 10.8 Å². The predicted molar refractivity (Wildman–Crippen MR) is 181 cm³/mol. The summed E-state index contributed by atoms with van der Waals surface area (Å²) in [5, 5.41) is 0. The van der Waals surface area contributed by atoms with E-state index in [4.69, 9.17) is 4.74 Å². The Hall–Kier alpha value is -3.99. The van der Waals surface area contributed by atoms with Crippen LogP contribution in [0.3, 0.4) is 0 Å². The summed E-state index contributed by atoms with van der Waals surface area (Å²) in [5.41, 5.74) is 3.46. The minimum absolute atomic E-state index is 0.0509. The van der Waals surface area contributed by atoms with Gasteiger partial charge in [-0.25, -0.2) is 18.1 Å². The SMILES string of the molecule is Cc1cccc(C)c1-c1cc2nc(n1)NS(=O)(=O)c1cccc(c1)C(=O)N(CC(=O)N1CCCC3(CCC3)C1)[C@H](CC(C)(C)C)CO2. The zero-order valence-electron chi connectivity index (χ0n) is 28.0. The molecular formula is C36H45N5O5S. The standard InChI is InChI=1S/C36H45N5O5S/c1-24-10-6-11-25(2)32(24)29-19-30-38-34(37-29)39-47(44,45)28-13-7-12-26(18-28)33(43)41(27(22-46-30)20-35(3,4)5)21-31(42)40-17-9-16-36(23-40)14-8-15-36/h6-7,10-13,18-19,27H,8-9,14-17,20-23H2,1-5H3,(H,37,38,39)/t27-/m1/s1. The van der Waals surface area contributed by atoms with Crippen LogP contribution in [-0.2, 0) is 14.8 Å². The van der Waals surface area contributed by atoms with Gasteiger partial charge in [-0.15, -0.1) is 0 Å². The van der Waals surface area contributed by atoms with Crippen molar-refractivity contribution in [1.82, 2.24) is 19.8 Å². The predicted octanol–water partition coefficient (Wildman–Crippen LogP) is 5.99. The highest BCUT2D eigenvalue weighted by atomic mass is 32.2. The van der Waals surface area contributed by atoms with Crippen LogP contribution in [0.4, 0.5) is 5.95 Å². The number of hydrogen-bond donors (Lipinski definition) is 1. The van der Waals surface area contributed by atoms with E-state index in [1.54, 1.807) is 23.1 Å². The average molecular weight is 660 g/mol. The molecule has 1 saturated carbocycles. The van der Waals surface area contributed by atoms with Crippen molar-refractivity contribution in [3.8, 4) is 17.1 Å². The van der Waals surface area contributed by atoms with Crippen LogP contribution < -0.4 is 9.46 Å². The number of anilines is 1. The monoisotopic (exact) mass is 659 g/mol. The number of carbonyl (C=O) groups is 2. The van der Waals surface area contributed by atoms with Crippen LogP contribution in [0.25, 0.3) is 11.3 Å². The first kappa shape index (κ1) is 32.9. The Balaban J connectivity index is 1.43. The van der Waals surface area contributed by atoms with Gasteiger partial charge in [-0.1, -0.05) is 51.5 Å². The molecule has 10 nitrogen and oxygen atoms in total. The van der Waals surface area contributed by atoms with E-state index in [1.165, 1.54) is 18.6 Å². The third-order valence-corrected chi connectivity index (χ3v) is 11.1. The molecule has 250 valence electrons. The molecule has 1 saturated heterocycles. The molecule has 0 radical (unpaired) electrons. The van der Waals surface area contributed by atoms with Gasteiger partial charge in [-0.05, 0) is 86.1 Å². The topological polar surface area (TPSA) is 122 Å². The number of nitrogens with zero attached hydrogens (tertiary/aromatic N) is 4. The van der Waals surface area contributed by atoms with Crippen LogP contribution in [0, 0.1) is 24.7 Å². The second-order valence-electron chi connectivity index (χ2n) is 14.8. The first-order valence-corrected chi connectivity index (χ1v) is 18.0. The lowest BCUT2D eigenvalue weighted by molar-refractivity contribution is -0.138. The zero-order chi connectivity index (χ0) is 33.6. The lowest BCUT2D eigenvalue weighted by Gasteiger charge is -2.49. The number of amides is 2. The molecule has 2 aliphatic heterocycles. The molecule has 0 unspecified atom stereocenters. The van der Waals surface area contributed by atoms with Crippen LogP contribution in [0.5, 0.6) is 5.88 Å². The number of sulfonamides is 1. The second kappa shape index (κ2) is 12.6. The van der Waals surface area contributed by atoms with E-state index in [9.17, 15) is 18.0 Å². The Labute approximate surface area is 278 Å². The van der Waals surface area contributed by atoms with Crippen molar-refractivity contribution in [2.45, 2.75) is 84.1 Å². The molecule has 1 aromatic heterocycles. The van der Waals surface area contributed by atoms with Crippen LogP contribution in [0.15, 0.2) is 53.4 Å². The normalized spacial score (nSPS) is 20.6. The molecule has 4 bridgehead atoms. The van der Waals surface area contributed by atoms with Crippen molar-refractivity contribution in [3.63, 3.8) is 0 Å². The number of aryl methyl sites for hydroxylation is 2. The van der Waals surface area contributed by atoms with Gasteiger partial charge in [0.2, 0.25) is 17.7 Å². The summed E-state index contributed by atoms with van der Waals surface area (Å²) in [4.78, 5) is 40.8. The van der Waals surface area contributed by atoms with Gasteiger partial charge >= 0.3 is 0 Å². The van der Waals surface area contributed by atoms with Crippen LogP contribution in [0.2, 0.25) is 0 Å². The Bertz CT molecular complexity index is 1780. The van der Waals surface area contributed by atoms with Crippen LogP contribution in [-0.4, -0.2) is 72.3 Å². The van der Waals surface area contributed by atoms with Crippen molar-refractivity contribution < 1.29 is 22.7 Å². The van der Waals surface area contributed by atoms with Gasteiger partial charge in [-0.3, -0.25) is 9.59 Å². The van der Waals surface area contributed by atoms with E-state index in [-0.39, 0.29) is 52.2 Å². The van der Waals surface area contributed by atoms with Crippen molar-refractivity contribution in [3.05, 3.63) is 65.2 Å². The number of aromatic nitrogens is 2. The highest BCUT2D eigenvalue weighted by Crippen LogP contribution is 2.47. The summed E-state index contributed by atoms with van der Waals surface area (Å²) in [6.45, 7) is 11.5. The summed E-state index contributed by atoms with van der Waals surface area (Å²) >= 11 is 0. The smallest absolute Gasteiger partial charge is 0.264 e. The first-order valence-electron chi connectivity index (χ1n) is 16.5. The lowest BCUT2D eigenvalue weighted by Crippen LogP contribution is -2.54. The minimum atomic E-state index is -4.19. The van der Waals surface area contributed by atoms with Gasteiger partial charge in [0.05, 0.1) is 16.6 Å². The van der Waals surface area contributed by atoms with Crippen LogP contribution >= 0.6 is 0 Å². The molecule has 2 aromatic carbocycles. The highest BCUT2D eigenvalue weighted by molar-refractivity contribution is 7.92. The number of likely N-dealkylation sites (tertiary alicyclic amines) is 1. The number of ether oxygens (including phenoxy) is 1. The lowest BCUT2D eigenvalue weighted by atomic mass is 9.64. The number of carbonyl (C=O) groups excluding carboxylic acids is 2. The molecule has 47 heavy (non-hydrogen) atoms. The summed E-state index contributed by atoms with van der Waals surface area (Å²) < 4.78 is 36.2. The Morgan fingerprint density at radius 2 is 1.72 bits per heavy atom. The maximum Gasteiger partial charge on any atom is 0.264 e. The molecule has 6 rings (SSSR count). The van der Waals surface area contributed by atoms with Crippen molar-refractivity contribution in [2.75, 3.05) is 31.0 Å². The molecule has 2 fully saturated rings. The van der Waals surface area contributed by atoms with Gasteiger partial charge in [0.25, 0.3) is 15.9 Å². The number of fused-ring (bicyclic) bond motifs is 4. The van der Waals surface area contributed by atoms with E-state index in [2.05, 4.69) is 35.5 Å². The quantitative estimate of drug-likeness (QED) is 0.365. The molecule has 1 aliphatic carbocycles. The number of benzene rings is 2. The van der Waals surface area contributed by atoms with E-state index in [0.717, 1.165) is 48.9 Å². The maximum absolute atomic E-state index is 14.4. The minimum Gasteiger partial charge on any atom is -0.475 e. The molecule has 3 aliphatic rings. The van der Waals surface area contributed by atoms with E-state index in [0.29, 0.717) is 18.7 Å². The first-order chi connectivity index (χ1) is 22.2. The third-order valence-electron chi connectivity index (χ3n) is 9.76. The molecule has 1 N–H and O–H groups in total. The van der Waals surface area contributed by atoms with E-state index >= 15 is 0 Å². The Morgan fingerprint density at radius 1 is 1.02 bits per heavy atom. The Kier molecular flexibility index (Phi) is 8.80. The van der Waals surface area contributed by atoms with E-state index in [1.807, 2.05) is 36.9 Å². The zero-order valence-corrected chi connectivity index (χ0v) is 28.8. The van der Waals surface area contributed by atoms with Gasteiger partial charge in [-0.2, -0.15) is 4.98 Å². The fourth-order valence-corrected chi connectivity index (χ4v) is 8.29. The highest BCUT2D eigenvalue weighted by Gasteiger charge is 2.42. The largest absolute Gasteiger partial charge is 0.475 e. The van der Waals surface area contributed by atoms with Crippen molar-refractivity contribution >= 4 is 27.8 Å². The van der Waals surface area contributed by atoms with Crippen LogP contribution in [0.1, 0.15) is 80.8 Å². The summed E-state index contributed by atoms with van der Waals surface area (Å²) in [5.74, 6) is -0.482. The fourth-order valence-electron chi connectivity index (χ4n) is 7.30.